The summed E-state index contributed by atoms with van der Waals surface area (Å²) in [7, 11) is 3.79. The molecule has 0 aliphatic heterocycles. The zero-order valence-electron chi connectivity index (χ0n) is 10.4. The second kappa shape index (κ2) is 5.39. The molecule has 0 radical (unpaired) electrons. The first kappa shape index (κ1) is 12.9. The topological polar surface area (TPSA) is 51.9 Å². The number of aryl methyl sites for hydroxylation is 2. The minimum atomic E-state index is -0.0718. The van der Waals surface area contributed by atoms with Crippen LogP contribution in [0.3, 0.4) is 0 Å². The minimum absolute atomic E-state index is 0.0718. The third-order valence-corrected chi connectivity index (χ3v) is 3.19. The van der Waals surface area contributed by atoms with Gasteiger partial charge >= 0.3 is 0 Å². The summed E-state index contributed by atoms with van der Waals surface area (Å²) < 4.78 is 4.64. The molecule has 18 heavy (non-hydrogen) atoms. The average Bonchev–Trinajstić information content (AvgIpc) is 2.85. The highest BCUT2D eigenvalue weighted by Gasteiger charge is 2.10. The fourth-order valence-electron chi connectivity index (χ4n) is 1.77. The van der Waals surface area contributed by atoms with Crippen LogP contribution in [0.1, 0.15) is 16.3 Å². The number of carbonyl (C=O) groups is 1. The smallest absolute Gasteiger partial charge is 0.267 e. The van der Waals surface area contributed by atoms with Crippen LogP contribution in [0.2, 0.25) is 0 Å². The van der Waals surface area contributed by atoms with E-state index in [1.165, 1.54) is 0 Å². The Hall–Kier alpha value is -1.56. The minimum Gasteiger partial charge on any atom is -0.350 e. The number of halogens is 1. The van der Waals surface area contributed by atoms with E-state index in [0.29, 0.717) is 12.2 Å². The maximum absolute atomic E-state index is 11.9. The predicted molar refractivity (Wildman–Crippen MR) is 72.4 cm³/mol. The van der Waals surface area contributed by atoms with Gasteiger partial charge in [-0.1, -0.05) is 0 Å². The molecule has 1 amide bonds. The molecule has 2 rings (SSSR count). The lowest BCUT2D eigenvalue weighted by atomic mass is 10.3. The molecule has 0 spiro atoms. The molecular formula is C12H15BrN4O. The Morgan fingerprint density at radius 2 is 2.22 bits per heavy atom. The van der Waals surface area contributed by atoms with Crippen LogP contribution in [0.25, 0.3) is 0 Å². The van der Waals surface area contributed by atoms with Gasteiger partial charge in [-0.05, 0) is 22.0 Å². The fourth-order valence-corrected chi connectivity index (χ4v) is 2.29. The predicted octanol–water partition coefficient (Wildman–Crippen LogP) is 1.49. The summed E-state index contributed by atoms with van der Waals surface area (Å²) in [5.74, 6) is 0.890. The Kier molecular flexibility index (Phi) is 3.86. The number of nitrogens with zero attached hydrogens (tertiary/aromatic N) is 3. The Bertz CT molecular complexity index is 558. The number of nitrogens with one attached hydrogen (secondary N) is 1. The molecule has 2 aromatic rings. The summed E-state index contributed by atoms with van der Waals surface area (Å²) in [6.07, 6.45) is 6.23. The number of imidazole rings is 1. The van der Waals surface area contributed by atoms with Crippen LogP contribution in [0, 0.1) is 0 Å². The second-order valence-electron chi connectivity index (χ2n) is 4.11. The first-order valence-corrected chi connectivity index (χ1v) is 6.43. The molecule has 96 valence electrons. The molecule has 2 aromatic heterocycles. The van der Waals surface area contributed by atoms with E-state index < -0.39 is 0 Å². The lowest BCUT2D eigenvalue weighted by Crippen LogP contribution is -2.27. The molecule has 0 aromatic carbocycles. The molecular weight excluding hydrogens is 296 g/mol. The quantitative estimate of drug-likeness (QED) is 0.930. The van der Waals surface area contributed by atoms with E-state index in [1.807, 2.05) is 31.1 Å². The maximum atomic E-state index is 11.9. The number of amides is 1. The number of rotatable bonds is 4. The van der Waals surface area contributed by atoms with Crippen LogP contribution in [-0.2, 0) is 20.5 Å². The van der Waals surface area contributed by atoms with E-state index in [0.717, 1.165) is 16.7 Å². The van der Waals surface area contributed by atoms with E-state index in [4.69, 9.17) is 0 Å². The van der Waals surface area contributed by atoms with Gasteiger partial charge in [0.25, 0.3) is 5.91 Å². The molecule has 0 atom stereocenters. The summed E-state index contributed by atoms with van der Waals surface area (Å²) in [4.78, 5) is 16.1. The highest BCUT2D eigenvalue weighted by atomic mass is 79.9. The summed E-state index contributed by atoms with van der Waals surface area (Å²) in [5.41, 5.74) is 0.640. The van der Waals surface area contributed by atoms with Crippen molar-refractivity contribution >= 4 is 21.8 Å². The highest BCUT2D eigenvalue weighted by molar-refractivity contribution is 9.10. The lowest BCUT2D eigenvalue weighted by molar-refractivity contribution is 0.0946. The van der Waals surface area contributed by atoms with Gasteiger partial charge in [0, 0.05) is 50.1 Å². The molecule has 1 N–H and O–H groups in total. The number of carbonyl (C=O) groups excluding carboxylic acids is 1. The van der Waals surface area contributed by atoms with Crippen molar-refractivity contribution in [2.75, 3.05) is 6.54 Å². The first-order valence-electron chi connectivity index (χ1n) is 5.64. The molecule has 0 aliphatic carbocycles. The molecule has 0 unspecified atom stereocenters. The van der Waals surface area contributed by atoms with Gasteiger partial charge in [0.05, 0.1) is 0 Å². The molecule has 0 saturated heterocycles. The monoisotopic (exact) mass is 310 g/mol. The molecule has 0 aliphatic rings. The van der Waals surface area contributed by atoms with Gasteiger partial charge in [-0.3, -0.25) is 4.79 Å². The number of hydrogen-bond acceptors (Lipinski definition) is 2. The normalized spacial score (nSPS) is 10.6. The molecule has 6 heteroatoms. The Balaban J connectivity index is 1.89. The first-order chi connectivity index (χ1) is 8.58. The van der Waals surface area contributed by atoms with Crippen molar-refractivity contribution in [3.05, 3.63) is 40.6 Å². The van der Waals surface area contributed by atoms with E-state index >= 15 is 0 Å². The van der Waals surface area contributed by atoms with Crippen molar-refractivity contribution in [2.24, 2.45) is 14.1 Å². The van der Waals surface area contributed by atoms with Crippen molar-refractivity contribution in [3.63, 3.8) is 0 Å². The van der Waals surface area contributed by atoms with Gasteiger partial charge in [0.15, 0.2) is 0 Å². The second-order valence-corrected chi connectivity index (χ2v) is 5.03. The number of hydrogen-bond donors (Lipinski definition) is 1. The van der Waals surface area contributed by atoms with Crippen molar-refractivity contribution in [1.29, 1.82) is 0 Å². The van der Waals surface area contributed by atoms with E-state index in [-0.39, 0.29) is 5.91 Å². The van der Waals surface area contributed by atoms with Crippen LogP contribution in [-0.4, -0.2) is 26.6 Å². The summed E-state index contributed by atoms with van der Waals surface area (Å²) in [5, 5.41) is 2.88. The summed E-state index contributed by atoms with van der Waals surface area (Å²) >= 11 is 3.35. The van der Waals surface area contributed by atoms with Crippen LogP contribution < -0.4 is 5.32 Å². The zero-order valence-corrected chi connectivity index (χ0v) is 11.9. The van der Waals surface area contributed by atoms with Gasteiger partial charge in [0.1, 0.15) is 11.5 Å². The van der Waals surface area contributed by atoms with E-state index in [1.54, 1.807) is 16.8 Å². The van der Waals surface area contributed by atoms with Gasteiger partial charge in [-0.2, -0.15) is 0 Å². The molecule has 0 bridgehead atoms. The van der Waals surface area contributed by atoms with Crippen molar-refractivity contribution < 1.29 is 4.79 Å². The summed E-state index contributed by atoms with van der Waals surface area (Å²) in [6, 6.07) is 1.80. The molecule has 5 nitrogen and oxygen atoms in total. The Labute approximate surface area is 114 Å². The van der Waals surface area contributed by atoms with Crippen molar-refractivity contribution in [2.45, 2.75) is 6.42 Å². The highest BCUT2D eigenvalue weighted by Crippen LogP contribution is 2.13. The Morgan fingerprint density at radius 3 is 2.78 bits per heavy atom. The fraction of sp³-hybridized carbons (Fsp3) is 0.333. The molecule has 2 heterocycles. The molecule has 0 fully saturated rings. The third kappa shape index (κ3) is 2.81. The van der Waals surface area contributed by atoms with Gasteiger partial charge < -0.3 is 14.5 Å². The lowest BCUT2D eigenvalue weighted by Gasteiger charge is -2.06. The van der Waals surface area contributed by atoms with Gasteiger partial charge in [0.2, 0.25) is 0 Å². The standard InChI is InChI=1S/C12H15BrN4O/c1-16-6-5-14-11(16)3-4-15-12(18)10-7-9(13)8-17(10)2/h5-8H,3-4H2,1-2H3,(H,15,18). The summed E-state index contributed by atoms with van der Waals surface area (Å²) in [6.45, 7) is 0.576. The van der Waals surface area contributed by atoms with E-state index in [9.17, 15) is 4.79 Å². The van der Waals surface area contributed by atoms with Crippen LogP contribution in [0.15, 0.2) is 29.1 Å². The van der Waals surface area contributed by atoms with Gasteiger partial charge in [-0.25, -0.2) is 4.98 Å². The van der Waals surface area contributed by atoms with Crippen molar-refractivity contribution in [1.82, 2.24) is 19.4 Å². The van der Waals surface area contributed by atoms with Crippen LogP contribution in [0.4, 0.5) is 0 Å². The maximum Gasteiger partial charge on any atom is 0.267 e. The van der Waals surface area contributed by atoms with Crippen LogP contribution in [0.5, 0.6) is 0 Å². The SMILES string of the molecule is Cn1cc(Br)cc1C(=O)NCCc1nccn1C. The van der Waals surface area contributed by atoms with Crippen LogP contribution >= 0.6 is 15.9 Å². The third-order valence-electron chi connectivity index (χ3n) is 2.76. The molecule has 0 saturated carbocycles. The van der Waals surface area contributed by atoms with E-state index in [2.05, 4.69) is 26.2 Å². The zero-order chi connectivity index (χ0) is 13.1. The average molecular weight is 311 g/mol. The van der Waals surface area contributed by atoms with Gasteiger partial charge in [-0.15, -0.1) is 0 Å². The van der Waals surface area contributed by atoms with Crippen molar-refractivity contribution in [3.8, 4) is 0 Å². The Morgan fingerprint density at radius 1 is 1.44 bits per heavy atom. The number of aromatic nitrogens is 3. The largest absolute Gasteiger partial charge is 0.350 e.